The van der Waals surface area contributed by atoms with Crippen molar-refractivity contribution in [2.75, 3.05) is 5.73 Å². The quantitative estimate of drug-likeness (QED) is 0.430. The Morgan fingerprint density at radius 2 is 1.83 bits per heavy atom. The Labute approximate surface area is 197 Å². The van der Waals surface area contributed by atoms with Gasteiger partial charge in [-0.05, 0) is 43.9 Å². The van der Waals surface area contributed by atoms with Crippen molar-refractivity contribution in [3.63, 3.8) is 0 Å². The molecule has 0 spiro atoms. The monoisotopic (exact) mass is 482 g/mol. The number of fused-ring (bicyclic) bond motifs is 1. The van der Waals surface area contributed by atoms with Gasteiger partial charge in [0.1, 0.15) is 12.0 Å². The molecule has 1 aliphatic rings. The minimum absolute atomic E-state index is 0.0327. The summed E-state index contributed by atoms with van der Waals surface area (Å²) in [5, 5.41) is 3.63. The Kier molecular flexibility index (Phi) is 5.83. The maximum Gasteiger partial charge on any atom is 0.391 e. The molecule has 0 unspecified atom stereocenters. The number of amides is 1. The summed E-state index contributed by atoms with van der Waals surface area (Å²) in [5.74, 6) is -1.88. The topological polar surface area (TPSA) is 120 Å². The molecule has 1 saturated carbocycles. The summed E-state index contributed by atoms with van der Waals surface area (Å²) >= 11 is 0. The molecule has 1 aliphatic carbocycles. The van der Waals surface area contributed by atoms with Crippen molar-refractivity contribution in [2.24, 2.45) is 5.92 Å². The molecular weight excluding hydrogens is 461 g/mol. The Bertz CT molecular complexity index is 1370. The van der Waals surface area contributed by atoms with Crippen molar-refractivity contribution in [1.82, 2.24) is 25.3 Å². The molecule has 3 heterocycles. The van der Waals surface area contributed by atoms with Crippen molar-refractivity contribution in [3.8, 4) is 22.8 Å². The minimum Gasteiger partial charge on any atom is -0.443 e. The molecule has 1 amide bonds. The van der Waals surface area contributed by atoms with Crippen LogP contribution in [-0.4, -0.2) is 38.1 Å². The number of halogens is 3. The van der Waals surface area contributed by atoms with Gasteiger partial charge in [-0.2, -0.15) is 13.2 Å². The van der Waals surface area contributed by atoms with Crippen LogP contribution in [0.1, 0.15) is 36.2 Å². The number of nitrogens with one attached hydrogen (secondary N) is 1. The van der Waals surface area contributed by atoms with Crippen LogP contribution in [-0.2, 0) is 0 Å². The van der Waals surface area contributed by atoms with Crippen LogP contribution >= 0.6 is 0 Å². The number of anilines is 1. The van der Waals surface area contributed by atoms with Crippen molar-refractivity contribution in [2.45, 2.75) is 37.9 Å². The van der Waals surface area contributed by atoms with E-state index in [4.69, 9.17) is 10.2 Å². The molecule has 1 fully saturated rings. The van der Waals surface area contributed by atoms with E-state index in [2.05, 4.69) is 25.3 Å². The van der Waals surface area contributed by atoms with Crippen LogP contribution in [0.25, 0.3) is 33.7 Å². The van der Waals surface area contributed by atoms with Gasteiger partial charge in [-0.15, -0.1) is 0 Å². The Balaban J connectivity index is 1.47. The number of nitrogens with zero attached hydrogens (tertiary/aromatic N) is 4. The fourth-order valence-electron chi connectivity index (χ4n) is 4.35. The number of benzene rings is 1. The van der Waals surface area contributed by atoms with Gasteiger partial charge in [0.2, 0.25) is 5.89 Å². The number of nitrogens with two attached hydrogens (primary N) is 1. The van der Waals surface area contributed by atoms with Gasteiger partial charge < -0.3 is 15.5 Å². The van der Waals surface area contributed by atoms with E-state index < -0.39 is 24.0 Å². The fraction of sp³-hybridized carbons (Fsp3) is 0.292. The number of alkyl halides is 3. The first-order chi connectivity index (χ1) is 16.8. The lowest BCUT2D eigenvalue weighted by molar-refractivity contribution is -0.182. The number of carbonyl (C=O) groups is 1. The highest BCUT2D eigenvalue weighted by atomic mass is 19.4. The zero-order chi connectivity index (χ0) is 24.6. The molecule has 0 saturated heterocycles. The SMILES string of the molecule is Nc1nc(-c2ncco2)c(-c2ccc3ncccc3c2)nc1C(=O)N[C@H]1CC[C@H](C(F)(F)F)CC1. The van der Waals surface area contributed by atoms with Crippen LogP contribution in [0, 0.1) is 5.92 Å². The fourth-order valence-corrected chi connectivity index (χ4v) is 4.35. The first-order valence-electron chi connectivity index (χ1n) is 11.1. The Morgan fingerprint density at radius 3 is 2.54 bits per heavy atom. The molecular formula is C24H21F3N6O2. The highest BCUT2D eigenvalue weighted by Crippen LogP contribution is 2.37. The van der Waals surface area contributed by atoms with E-state index in [0.717, 1.165) is 10.9 Å². The average Bonchev–Trinajstić information content (AvgIpc) is 3.38. The van der Waals surface area contributed by atoms with Gasteiger partial charge in [-0.3, -0.25) is 9.78 Å². The lowest BCUT2D eigenvalue weighted by Gasteiger charge is -2.30. The second-order valence-electron chi connectivity index (χ2n) is 8.47. The van der Waals surface area contributed by atoms with Gasteiger partial charge in [0.15, 0.2) is 17.2 Å². The molecule has 4 aromatic rings. The van der Waals surface area contributed by atoms with E-state index in [9.17, 15) is 18.0 Å². The molecule has 180 valence electrons. The zero-order valence-corrected chi connectivity index (χ0v) is 18.4. The second kappa shape index (κ2) is 8.97. The first-order valence-corrected chi connectivity index (χ1v) is 11.1. The lowest BCUT2D eigenvalue weighted by atomic mass is 9.85. The number of carbonyl (C=O) groups excluding carboxylic acids is 1. The lowest BCUT2D eigenvalue weighted by Crippen LogP contribution is -2.40. The number of oxazole rings is 1. The van der Waals surface area contributed by atoms with Crippen molar-refractivity contribution in [3.05, 3.63) is 54.7 Å². The first kappa shape index (κ1) is 22.8. The molecule has 5 rings (SSSR count). The summed E-state index contributed by atoms with van der Waals surface area (Å²) in [5.41, 5.74) is 8.00. The van der Waals surface area contributed by atoms with E-state index in [1.165, 1.54) is 12.5 Å². The number of rotatable bonds is 4. The van der Waals surface area contributed by atoms with Crippen molar-refractivity contribution >= 4 is 22.6 Å². The molecule has 3 N–H and O–H groups in total. The van der Waals surface area contributed by atoms with E-state index in [0.29, 0.717) is 11.3 Å². The van der Waals surface area contributed by atoms with Gasteiger partial charge in [0, 0.05) is 23.2 Å². The minimum atomic E-state index is -4.22. The van der Waals surface area contributed by atoms with Crippen LogP contribution < -0.4 is 11.1 Å². The molecule has 0 radical (unpaired) electrons. The largest absolute Gasteiger partial charge is 0.443 e. The van der Waals surface area contributed by atoms with E-state index >= 15 is 0 Å². The smallest absolute Gasteiger partial charge is 0.391 e. The highest BCUT2D eigenvalue weighted by molar-refractivity contribution is 5.98. The van der Waals surface area contributed by atoms with Gasteiger partial charge in [0.25, 0.3) is 5.91 Å². The Morgan fingerprint density at radius 1 is 1.03 bits per heavy atom. The highest BCUT2D eigenvalue weighted by Gasteiger charge is 2.41. The summed E-state index contributed by atoms with van der Waals surface area (Å²) in [7, 11) is 0. The third-order valence-corrected chi connectivity index (χ3v) is 6.17. The number of hydrogen-bond donors (Lipinski definition) is 2. The molecule has 0 atom stereocenters. The maximum atomic E-state index is 13.0. The summed E-state index contributed by atoms with van der Waals surface area (Å²) in [4.78, 5) is 30.4. The second-order valence-corrected chi connectivity index (χ2v) is 8.47. The van der Waals surface area contributed by atoms with Crippen LogP contribution in [0.4, 0.5) is 19.0 Å². The summed E-state index contributed by atoms with van der Waals surface area (Å²) in [6.45, 7) is 0. The van der Waals surface area contributed by atoms with Crippen molar-refractivity contribution < 1.29 is 22.4 Å². The molecule has 8 nitrogen and oxygen atoms in total. The molecule has 3 aromatic heterocycles. The molecule has 35 heavy (non-hydrogen) atoms. The van der Waals surface area contributed by atoms with Gasteiger partial charge in [-0.1, -0.05) is 12.1 Å². The van der Waals surface area contributed by atoms with Crippen LogP contribution in [0.15, 0.2) is 53.4 Å². The zero-order valence-electron chi connectivity index (χ0n) is 18.4. The van der Waals surface area contributed by atoms with Gasteiger partial charge in [-0.25, -0.2) is 15.0 Å². The third-order valence-electron chi connectivity index (χ3n) is 6.17. The third kappa shape index (κ3) is 4.66. The predicted octanol–water partition coefficient (Wildman–Crippen LogP) is 4.78. The van der Waals surface area contributed by atoms with E-state index in [-0.39, 0.29) is 48.8 Å². The number of nitrogen functional groups attached to an aromatic ring is 1. The van der Waals surface area contributed by atoms with Gasteiger partial charge >= 0.3 is 6.18 Å². The Hall–Kier alpha value is -4.02. The van der Waals surface area contributed by atoms with Crippen LogP contribution in [0.5, 0.6) is 0 Å². The summed E-state index contributed by atoms with van der Waals surface area (Å²) < 4.78 is 44.3. The standard InChI is InChI=1S/C24H21F3N6O2/c25-24(26,27)15-4-6-16(7-5-15)31-22(34)20-21(28)33-19(23-30-10-11-35-23)18(32-20)14-3-8-17-13(12-14)2-1-9-29-17/h1-3,8-12,15-16H,4-7H2,(H2,28,33)(H,31,34)/t15-,16-. The summed E-state index contributed by atoms with van der Waals surface area (Å²) in [6.07, 6.45) is 0.700. The predicted molar refractivity (Wildman–Crippen MR) is 122 cm³/mol. The normalized spacial score (nSPS) is 18.5. The molecule has 0 aliphatic heterocycles. The number of pyridine rings is 1. The van der Waals surface area contributed by atoms with Gasteiger partial charge in [0.05, 0.1) is 17.6 Å². The molecule has 1 aromatic carbocycles. The van der Waals surface area contributed by atoms with Crippen LogP contribution in [0.3, 0.4) is 0 Å². The molecule has 11 heteroatoms. The van der Waals surface area contributed by atoms with E-state index in [1.807, 2.05) is 24.3 Å². The molecule has 0 bridgehead atoms. The number of aromatic nitrogens is 4. The van der Waals surface area contributed by atoms with Crippen LogP contribution in [0.2, 0.25) is 0 Å². The van der Waals surface area contributed by atoms with Crippen molar-refractivity contribution in [1.29, 1.82) is 0 Å². The van der Waals surface area contributed by atoms with E-state index in [1.54, 1.807) is 12.3 Å². The maximum absolute atomic E-state index is 13.0. The average molecular weight is 482 g/mol. The summed E-state index contributed by atoms with van der Waals surface area (Å²) in [6, 6.07) is 8.77. The number of hydrogen-bond acceptors (Lipinski definition) is 7.